The normalized spacial score (nSPS) is 12.4. The maximum Gasteiger partial charge on any atom is 0.451 e. The van der Waals surface area contributed by atoms with E-state index in [1.165, 1.54) is 6.07 Å². The van der Waals surface area contributed by atoms with Gasteiger partial charge in [0.15, 0.2) is 0 Å². The molecule has 0 atom stereocenters. The van der Waals surface area contributed by atoms with Crippen LogP contribution in [0.3, 0.4) is 0 Å². The van der Waals surface area contributed by atoms with Gasteiger partial charge >= 0.3 is 6.18 Å². The van der Waals surface area contributed by atoms with E-state index in [0.717, 1.165) is 0 Å². The molecule has 1 aromatic heterocycles. The molecule has 0 aliphatic rings. The minimum atomic E-state index is -4.66. The second-order valence-electron chi connectivity index (χ2n) is 4.78. The van der Waals surface area contributed by atoms with Crippen LogP contribution in [0, 0.1) is 5.41 Å². The van der Waals surface area contributed by atoms with Gasteiger partial charge in [-0.15, -0.1) is 0 Å². The van der Waals surface area contributed by atoms with Crippen molar-refractivity contribution in [3.05, 3.63) is 11.9 Å². The van der Waals surface area contributed by atoms with Crippen molar-refractivity contribution in [1.29, 1.82) is 0 Å². The Kier molecular flexibility index (Phi) is 4.53. The largest absolute Gasteiger partial charge is 0.451 e. The number of halogens is 3. The third-order valence-corrected chi connectivity index (χ3v) is 2.30. The quantitative estimate of drug-likeness (QED) is 0.478. The van der Waals surface area contributed by atoms with Gasteiger partial charge in [0.05, 0.1) is 0 Å². The molecule has 0 spiro atoms. The molecule has 0 amide bonds. The van der Waals surface area contributed by atoms with Gasteiger partial charge in [-0.05, 0) is 0 Å². The van der Waals surface area contributed by atoms with Gasteiger partial charge in [-0.25, -0.2) is 15.8 Å². The van der Waals surface area contributed by atoms with Crippen LogP contribution in [-0.4, -0.2) is 28.2 Å². The van der Waals surface area contributed by atoms with Gasteiger partial charge in [-0.2, -0.15) is 13.2 Å². The fourth-order valence-electron chi connectivity index (χ4n) is 1.12. The van der Waals surface area contributed by atoms with E-state index in [1.54, 1.807) is 13.8 Å². The number of alkyl halides is 3. The van der Waals surface area contributed by atoms with Crippen molar-refractivity contribution in [3.63, 3.8) is 0 Å². The minimum absolute atomic E-state index is 0.0169. The zero-order valence-corrected chi connectivity index (χ0v) is 10.5. The highest BCUT2D eigenvalue weighted by Crippen LogP contribution is 2.28. The molecule has 1 aromatic rings. The number of aliphatic hydroxyl groups is 1. The van der Waals surface area contributed by atoms with Crippen molar-refractivity contribution >= 4 is 11.6 Å². The van der Waals surface area contributed by atoms with Crippen LogP contribution in [0.4, 0.5) is 24.8 Å². The number of hydrazine groups is 1. The molecule has 0 aliphatic heterocycles. The highest BCUT2D eigenvalue weighted by atomic mass is 19.4. The summed E-state index contributed by atoms with van der Waals surface area (Å²) >= 11 is 0. The molecule has 5 N–H and O–H groups in total. The van der Waals surface area contributed by atoms with E-state index >= 15 is 0 Å². The van der Waals surface area contributed by atoms with Crippen LogP contribution in [-0.2, 0) is 6.18 Å². The summed E-state index contributed by atoms with van der Waals surface area (Å²) in [4.78, 5) is 6.59. The molecule has 6 nitrogen and oxygen atoms in total. The lowest BCUT2D eigenvalue weighted by molar-refractivity contribution is -0.144. The molecule has 0 unspecified atom stereocenters. The minimum Gasteiger partial charge on any atom is -0.396 e. The SMILES string of the molecule is CC(C)(CO)CNc1cc(NN)nc(C(F)(F)F)n1. The zero-order chi connectivity index (χ0) is 14.7. The number of nitrogens with two attached hydrogens (primary N) is 1. The Morgan fingerprint density at radius 2 is 1.84 bits per heavy atom. The number of hydrogen-bond donors (Lipinski definition) is 4. The monoisotopic (exact) mass is 279 g/mol. The predicted octanol–water partition coefficient (Wildman–Crippen LogP) is 1.21. The number of nitrogens with zero attached hydrogens (tertiary/aromatic N) is 2. The Hall–Kier alpha value is -1.61. The molecular weight excluding hydrogens is 263 g/mol. The Morgan fingerprint density at radius 1 is 1.26 bits per heavy atom. The third-order valence-electron chi connectivity index (χ3n) is 2.30. The van der Waals surface area contributed by atoms with Gasteiger partial charge in [-0.3, -0.25) is 0 Å². The van der Waals surface area contributed by atoms with E-state index in [-0.39, 0.29) is 24.8 Å². The molecule has 0 radical (unpaired) electrons. The second-order valence-corrected chi connectivity index (χ2v) is 4.78. The van der Waals surface area contributed by atoms with Crippen molar-refractivity contribution < 1.29 is 18.3 Å². The van der Waals surface area contributed by atoms with Gasteiger partial charge in [0.2, 0.25) is 5.82 Å². The lowest BCUT2D eigenvalue weighted by Crippen LogP contribution is -2.27. The van der Waals surface area contributed by atoms with Crippen LogP contribution in [0.25, 0.3) is 0 Å². The first-order chi connectivity index (χ1) is 8.68. The second kappa shape index (κ2) is 5.57. The molecule has 0 aliphatic carbocycles. The van der Waals surface area contributed by atoms with E-state index in [2.05, 4.69) is 20.7 Å². The van der Waals surface area contributed by atoms with Crippen molar-refractivity contribution in [3.8, 4) is 0 Å². The first-order valence-corrected chi connectivity index (χ1v) is 5.45. The zero-order valence-electron chi connectivity index (χ0n) is 10.5. The Labute approximate surface area is 108 Å². The fourth-order valence-corrected chi connectivity index (χ4v) is 1.12. The average Bonchev–Trinajstić information content (AvgIpc) is 2.35. The molecule has 108 valence electrons. The highest BCUT2D eigenvalue weighted by molar-refractivity contribution is 5.47. The van der Waals surface area contributed by atoms with Gasteiger partial charge in [0.1, 0.15) is 11.6 Å². The molecule has 0 saturated heterocycles. The molecule has 0 bridgehead atoms. The number of anilines is 2. The Morgan fingerprint density at radius 3 is 2.32 bits per heavy atom. The number of nitrogens with one attached hydrogen (secondary N) is 2. The van der Waals surface area contributed by atoms with E-state index in [1.807, 2.05) is 0 Å². The lowest BCUT2D eigenvalue weighted by atomic mass is 9.95. The maximum atomic E-state index is 12.6. The van der Waals surface area contributed by atoms with E-state index in [9.17, 15) is 13.2 Å². The molecule has 1 rings (SSSR count). The summed E-state index contributed by atoms with van der Waals surface area (Å²) < 4.78 is 37.7. The predicted molar refractivity (Wildman–Crippen MR) is 64.2 cm³/mol. The lowest BCUT2D eigenvalue weighted by Gasteiger charge is -2.22. The van der Waals surface area contributed by atoms with Crippen molar-refractivity contribution in [2.45, 2.75) is 20.0 Å². The molecule has 0 saturated carbocycles. The summed E-state index contributed by atoms with van der Waals surface area (Å²) in [6.07, 6.45) is -4.66. The standard InChI is InChI=1S/C10H16F3N5O/c1-9(2,5-19)4-15-6-3-7(18-14)17-8(16-6)10(11,12)13/h3,19H,4-5,14H2,1-2H3,(H2,15,16,17,18). The number of nitrogen functional groups attached to an aromatic ring is 1. The number of aromatic nitrogens is 2. The molecule has 19 heavy (non-hydrogen) atoms. The molecule has 9 heteroatoms. The fraction of sp³-hybridized carbons (Fsp3) is 0.600. The van der Waals surface area contributed by atoms with E-state index in [0.29, 0.717) is 0 Å². The smallest absolute Gasteiger partial charge is 0.396 e. The summed E-state index contributed by atoms with van der Waals surface area (Å²) in [7, 11) is 0. The molecular formula is C10H16F3N5O. The summed E-state index contributed by atoms with van der Waals surface area (Å²) in [6.45, 7) is 3.66. The van der Waals surface area contributed by atoms with Crippen LogP contribution < -0.4 is 16.6 Å². The molecule has 1 heterocycles. The average molecular weight is 279 g/mol. The number of rotatable bonds is 5. The van der Waals surface area contributed by atoms with Crippen LogP contribution in [0.2, 0.25) is 0 Å². The first-order valence-electron chi connectivity index (χ1n) is 5.45. The Balaban J connectivity index is 2.95. The van der Waals surface area contributed by atoms with Crippen LogP contribution >= 0.6 is 0 Å². The topological polar surface area (TPSA) is 96.1 Å². The van der Waals surface area contributed by atoms with E-state index in [4.69, 9.17) is 10.9 Å². The van der Waals surface area contributed by atoms with Crippen LogP contribution in [0.1, 0.15) is 19.7 Å². The van der Waals surface area contributed by atoms with Crippen LogP contribution in [0.15, 0.2) is 6.07 Å². The van der Waals surface area contributed by atoms with Crippen molar-refractivity contribution in [2.24, 2.45) is 11.3 Å². The van der Waals surface area contributed by atoms with Crippen LogP contribution in [0.5, 0.6) is 0 Å². The van der Waals surface area contributed by atoms with E-state index < -0.39 is 17.4 Å². The summed E-state index contributed by atoms with van der Waals surface area (Å²) in [5, 5.41) is 11.8. The molecule has 0 aromatic carbocycles. The van der Waals surface area contributed by atoms with Gasteiger partial charge in [0.25, 0.3) is 0 Å². The number of hydrogen-bond acceptors (Lipinski definition) is 6. The van der Waals surface area contributed by atoms with Gasteiger partial charge in [-0.1, -0.05) is 13.8 Å². The van der Waals surface area contributed by atoms with Gasteiger partial charge in [0, 0.05) is 24.6 Å². The molecule has 0 fully saturated rings. The van der Waals surface area contributed by atoms with Crippen molar-refractivity contribution in [2.75, 3.05) is 23.9 Å². The highest BCUT2D eigenvalue weighted by Gasteiger charge is 2.35. The Bertz CT molecular complexity index is 436. The maximum absolute atomic E-state index is 12.6. The number of aliphatic hydroxyl groups excluding tert-OH is 1. The summed E-state index contributed by atoms with van der Waals surface area (Å²) in [5.41, 5.74) is 1.56. The summed E-state index contributed by atoms with van der Waals surface area (Å²) in [6, 6.07) is 1.25. The first kappa shape index (κ1) is 15.4. The summed E-state index contributed by atoms with van der Waals surface area (Å²) in [5.74, 6) is 3.62. The van der Waals surface area contributed by atoms with Gasteiger partial charge < -0.3 is 15.8 Å². The third kappa shape index (κ3) is 4.52. The van der Waals surface area contributed by atoms with Crippen molar-refractivity contribution in [1.82, 2.24) is 9.97 Å².